The van der Waals surface area contributed by atoms with Crippen LogP contribution < -0.4 is 4.90 Å². The smallest absolute Gasteiger partial charge is 0.245 e. The number of halogens is 1. The average Bonchev–Trinajstić information content (AvgIpc) is 2.65. The zero-order chi connectivity index (χ0) is 11.3. The average molecular weight is 276 g/mol. The van der Waals surface area contributed by atoms with Gasteiger partial charge in [0.2, 0.25) is 5.95 Å². The Kier molecular flexibility index (Phi) is 5.01. The van der Waals surface area contributed by atoms with E-state index in [0.29, 0.717) is 6.04 Å². The molecule has 0 N–H and O–H groups in total. The largest absolute Gasteiger partial charge is 0.336 e. The molecule has 0 aromatic carbocycles. The zero-order valence-corrected chi connectivity index (χ0v) is 11.1. The van der Waals surface area contributed by atoms with Gasteiger partial charge in [-0.1, -0.05) is 34.9 Å². The van der Waals surface area contributed by atoms with Crippen molar-refractivity contribution < 1.29 is 0 Å². The minimum atomic E-state index is 0.507. The molecule has 0 aliphatic rings. The second-order valence-corrected chi connectivity index (χ2v) is 4.25. The Morgan fingerprint density at radius 3 is 2.47 bits per heavy atom. The maximum absolute atomic E-state index is 4.06. The van der Waals surface area contributed by atoms with Gasteiger partial charge in [0.25, 0.3) is 0 Å². The fourth-order valence-corrected chi connectivity index (χ4v) is 2.12. The monoisotopic (exact) mass is 275 g/mol. The zero-order valence-electron chi connectivity index (χ0n) is 9.52. The molecule has 5 nitrogen and oxygen atoms in total. The maximum atomic E-state index is 4.06. The Bertz CT molecular complexity index is 284. The Morgan fingerprint density at radius 2 is 2.07 bits per heavy atom. The van der Waals surface area contributed by atoms with Crippen molar-refractivity contribution in [3.63, 3.8) is 0 Å². The minimum Gasteiger partial charge on any atom is -0.336 e. The van der Waals surface area contributed by atoms with Crippen molar-refractivity contribution in [3.05, 3.63) is 0 Å². The number of tetrazole rings is 1. The molecule has 0 bridgehead atoms. The minimum absolute atomic E-state index is 0.507. The summed E-state index contributed by atoms with van der Waals surface area (Å²) < 4.78 is 1.72. The van der Waals surface area contributed by atoms with Crippen LogP contribution in [0.3, 0.4) is 0 Å². The number of hydrogen-bond donors (Lipinski definition) is 0. The third-order valence-corrected chi connectivity index (χ3v) is 2.92. The lowest BCUT2D eigenvalue weighted by Gasteiger charge is -2.29. The summed E-state index contributed by atoms with van der Waals surface area (Å²) in [4.78, 5) is 2.26. The molecular weight excluding hydrogens is 258 g/mol. The van der Waals surface area contributed by atoms with E-state index in [1.807, 2.05) is 7.05 Å². The molecule has 0 aliphatic carbocycles. The first-order chi connectivity index (χ1) is 7.24. The van der Waals surface area contributed by atoms with Crippen LogP contribution in [0.15, 0.2) is 0 Å². The summed E-state index contributed by atoms with van der Waals surface area (Å²) in [6.45, 7) is 5.32. The summed E-state index contributed by atoms with van der Waals surface area (Å²) in [5.74, 6) is 0.850. The maximum Gasteiger partial charge on any atom is 0.245 e. The van der Waals surface area contributed by atoms with E-state index < -0.39 is 0 Å². The highest BCUT2D eigenvalue weighted by Crippen LogP contribution is 2.16. The number of anilines is 1. The summed E-state index contributed by atoms with van der Waals surface area (Å²) in [6, 6.07) is 0.507. The Hall–Kier alpha value is -0.650. The first-order valence-electron chi connectivity index (χ1n) is 5.29. The van der Waals surface area contributed by atoms with Crippen molar-refractivity contribution in [1.82, 2.24) is 20.2 Å². The molecule has 1 aromatic heterocycles. The molecule has 1 aromatic rings. The van der Waals surface area contributed by atoms with Gasteiger partial charge in [0, 0.05) is 25.0 Å². The molecule has 15 heavy (non-hydrogen) atoms. The van der Waals surface area contributed by atoms with Gasteiger partial charge in [-0.25, -0.2) is 4.68 Å². The quantitative estimate of drug-likeness (QED) is 0.740. The van der Waals surface area contributed by atoms with Gasteiger partial charge >= 0.3 is 0 Å². The van der Waals surface area contributed by atoms with Crippen molar-refractivity contribution in [3.8, 4) is 0 Å². The van der Waals surface area contributed by atoms with Crippen molar-refractivity contribution >= 4 is 21.9 Å². The van der Waals surface area contributed by atoms with Gasteiger partial charge in [0.15, 0.2) is 0 Å². The number of rotatable bonds is 6. The van der Waals surface area contributed by atoms with E-state index in [1.54, 1.807) is 4.68 Å². The van der Waals surface area contributed by atoms with Crippen LogP contribution in [-0.4, -0.2) is 38.1 Å². The van der Waals surface area contributed by atoms with Gasteiger partial charge < -0.3 is 4.90 Å². The highest BCUT2D eigenvalue weighted by molar-refractivity contribution is 9.09. The van der Waals surface area contributed by atoms with Crippen LogP contribution in [0.2, 0.25) is 0 Å². The number of alkyl halides is 1. The number of aromatic nitrogens is 4. The van der Waals surface area contributed by atoms with Crippen LogP contribution in [0.4, 0.5) is 5.95 Å². The molecule has 0 saturated carbocycles. The van der Waals surface area contributed by atoms with E-state index in [1.165, 1.54) is 0 Å². The molecule has 0 radical (unpaired) electrons. The SMILES string of the molecule is CCC(CC)N(CCBr)c1nnnn1C. The molecule has 1 heterocycles. The molecule has 0 unspecified atom stereocenters. The number of aryl methyl sites for hydroxylation is 1. The lowest BCUT2D eigenvalue weighted by molar-refractivity contribution is 0.545. The molecule has 1 rings (SSSR count). The van der Waals surface area contributed by atoms with Crippen LogP contribution in [0.5, 0.6) is 0 Å². The second kappa shape index (κ2) is 6.05. The van der Waals surface area contributed by atoms with Crippen molar-refractivity contribution in [2.75, 3.05) is 16.8 Å². The van der Waals surface area contributed by atoms with Gasteiger partial charge in [0.1, 0.15) is 0 Å². The Balaban J connectivity index is 2.86. The first kappa shape index (κ1) is 12.4. The van der Waals surface area contributed by atoms with Gasteiger partial charge in [-0.3, -0.25) is 0 Å². The van der Waals surface area contributed by atoms with Crippen LogP contribution in [-0.2, 0) is 7.05 Å². The normalized spacial score (nSPS) is 11.0. The van der Waals surface area contributed by atoms with Crippen LogP contribution in [0.1, 0.15) is 26.7 Å². The molecule has 0 saturated heterocycles. The topological polar surface area (TPSA) is 46.8 Å². The standard InChI is InChI=1S/C9H18BrN5/c1-4-8(5-2)15(7-6-10)9-11-12-13-14(9)3/h8H,4-7H2,1-3H3. The first-order valence-corrected chi connectivity index (χ1v) is 6.41. The van der Waals surface area contributed by atoms with Gasteiger partial charge in [-0.2, -0.15) is 0 Å². The molecule has 6 heteroatoms. The molecule has 0 aliphatic heterocycles. The van der Waals surface area contributed by atoms with Crippen LogP contribution >= 0.6 is 15.9 Å². The molecule has 86 valence electrons. The van der Waals surface area contributed by atoms with Crippen molar-refractivity contribution in [2.45, 2.75) is 32.7 Å². The molecule has 0 fully saturated rings. The fourth-order valence-electron chi connectivity index (χ4n) is 1.73. The van der Waals surface area contributed by atoms with E-state index in [9.17, 15) is 0 Å². The van der Waals surface area contributed by atoms with E-state index in [4.69, 9.17) is 0 Å². The Labute approximate surface area is 99.0 Å². The number of nitrogens with zero attached hydrogens (tertiary/aromatic N) is 5. The lowest BCUT2D eigenvalue weighted by atomic mass is 10.1. The summed E-state index contributed by atoms with van der Waals surface area (Å²) in [7, 11) is 1.87. The third kappa shape index (κ3) is 2.90. The van der Waals surface area contributed by atoms with Crippen molar-refractivity contribution in [1.29, 1.82) is 0 Å². The predicted octanol–water partition coefficient (Wildman–Crippen LogP) is 1.60. The molecular formula is C9H18BrN5. The lowest BCUT2D eigenvalue weighted by Crippen LogP contribution is -2.37. The Morgan fingerprint density at radius 1 is 1.40 bits per heavy atom. The van der Waals surface area contributed by atoms with E-state index >= 15 is 0 Å². The van der Waals surface area contributed by atoms with E-state index in [0.717, 1.165) is 30.7 Å². The van der Waals surface area contributed by atoms with E-state index in [2.05, 4.69) is 50.2 Å². The highest BCUT2D eigenvalue weighted by atomic mass is 79.9. The van der Waals surface area contributed by atoms with Crippen LogP contribution in [0, 0.1) is 0 Å². The highest BCUT2D eigenvalue weighted by Gasteiger charge is 2.19. The van der Waals surface area contributed by atoms with Crippen molar-refractivity contribution in [2.24, 2.45) is 7.05 Å². The van der Waals surface area contributed by atoms with Gasteiger partial charge in [0.05, 0.1) is 0 Å². The van der Waals surface area contributed by atoms with E-state index in [-0.39, 0.29) is 0 Å². The fraction of sp³-hybridized carbons (Fsp3) is 0.889. The third-order valence-electron chi connectivity index (χ3n) is 2.56. The molecule has 0 spiro atoms. The molecule has 0 atom stereocenters. The predicted molar refractivity (Wildman–Crippen MR) is 64.3 cm³/mol. The second-order valence-electron chi connectivity index (χ2n) is 3.46. The summed E-state index contributed by atoms with van der Waals surface area (Å²) >= 11 is 3.47. The van der Waals surface area contributed by atoms with Gasteiger partial charge in [-0.15, -0.1) is 0 Å². The van der Waals surface area contributed by atoms with Gasteiger partial charge in [-0.05, 0) is 23.3 Å². The van der Waals surface area contributed by atoms with Crippen LogP contribution in [0.25, 0.3) is 0 Å². The number of hydrogen-bond acceptors (Lipinski definition) is 4. The summed E-state index contributed by atoms with van der Waals surface area (Å²) in [5, 5.41) is 12.5. The summed E-state index contributed by atoms with van der Waals surface area (Å²) in [6.07, 6.45) is 2.22. The summed E-state index contributed by atoms with van der Waals surface area (Å²) in [5.41, 5.74) is 0. The molecule has 0 amide bonds.